The Morgan fingerprint density at radius 3 is 2.14 bits per heavy atom. The third kappa shape index (κ3) is 5.32. The molecule has 4 heterocycles. The van der Waals surface area contributed by atoms with E-state index < -0.39 is 17.9 Å². The lowest BCUT2D eigenvalue weighted by Crippen LogP contribution is -2.55. The second kappa shape index (κ2) is 12.1. The summed E-state index contributed by atoms with van der Waals surface area (Å²) >= 11 is 0. The van der Waals surface area contributed by atoms with Gasteiger partial charge < -0.3 is 14.7 Å². The van der Waals surface area contributed by atoms with Crippen LogP contribution >= 0.6 is 0 Å². The summed E-state index contributed by atoms with van der Waals surface area (Å²) in [6.45, 7) is 3.80. The molecule has 3 amide bonds. The lowest BCUT2D eigenvalue weighted by atomic mass is 10.1. The van der Waals surface area contributed by atoms with Gasteiger partial charge in [0.15, 0.2) is 0 Å². The van der Waals surface area contributed by atoms with Crippen molar-refractivity contribution in [2.75, 3.05) is 49.6 Å². The van der Waals surface area contributed by atoms with E-state index in [1.165, 1.54) is 4.68 Å². The molecule has 224 valence electrons. The van der Waals surface area contributed by atoms with Gasteiger partial charge in [-0.1, -0.05) is 36.4 Å². The van der Waals surface area contributed by atoms with E-state index >= 15 is 0 Å². The van der Waals surface area contributed by atoms with Gasteiger partial charge in [0, 0.05) is 58.1 Å². The molecule has 1 unspecified atom stereocenters. The van der Waals surface area contributed by atoms with Crippen molar-refractivity contribution < 1.29 is 14.4 Å². The number of aromatic nitrogens is 3. The van der Waals surface area contributed by atoms with Crippen LogP contribution in [-0.2, 0) is 11.2 Å². The fourth-order valence-corrected chi connectivity index (χ4v) is 5.82. The van der Waals surface area contributed by atoms with Crippen molar-refractivity contribution >= 4 is 29.1 Å². The molecule has 11 heteroatoms. The Morgan fingerprint density at radius 2 is 1.50 bits per heavy atom. The summed E-state index contributed by atoms with van der Waals surface area (Å²) in [6.07, 6.45) is 4.12. The largest absolute Gasteiger partial charge is 0.368 e. The summed E-state index contributed by atoms with van der Waals surface area (Å²) in [5.41, 5.74) is 3.19. The number of nitrogens with zero attached hydrogens (tertiary/aromatic N) is 7. The Hall–Kier alpha value is -5.32. The number of benzene rings is 2. The standard InChI is InChI=1S/C33H33N7O4/c1-23(39-31(42)26-13-6-7-14-27(26)32(39)43)30(41)38-20-18-37(19-21-38)28-22-35-40(25-11-4-3-5-12-25)33(44)29(28)36(2)17-15-24-10-8-9-16-34-24/h3-14,16,22-23H,15,17-21H2,1-2H3. The van der Waals surface area contributed by atoms with Crippen molar-refractivity contribution in [1.29, 1.82) is 0 Å². The third-order valence-electron chi connectivity index (χ3n) is 8.25. The first-order valence-electron chi connectivity index (χ1n) is 14.6. The summed E-state index contributed by atoms with van der Waals surface area (Å²) in [6, 6.07) is 20.8. The van der Waals surface area contributed by atoms with E-state index in [1.54, 1.807) is 48.5 Å². The maximum Gasteiger partial charge on any atom is 0.297 e. The highest BCUT2D eigenvalue weighted by molar-refractivity contribution is 6.22. The molecule has 4 aromatic rings. The van der Waals surface area contributed by atoms with Crippen LogP contribution in [0.3, 0.4) is 0 Å². The molecule has 0 aliphatic carbocycles. The van der Waals surface area contributed by atoms with Crippen molar-refractivity contribution in [3.8, 4) is 5.69 Å². The van der Waals surface area contributed by atoms with Crippen molar-refractivity contribution in [1.82, 2.24) is 24.6 Å². The van der Waals surface area contributed by atoms with Crippen LogP contribution in [0.15, 0.2) is 90.0 Å². The van der Waals surface area contributed by atoms with Gasteiger partial charge in [0.2, 0.25) is 5.91 Å². The van der Waals surface area contributed by atoms with Crippen LogP contribution in [0.5, 0.6) is 0 Å². The maximum atomic E-state index is 13.9. The molecule has 2 aliphatic rings. The molecule has 2 aromatic heterocycles. The molecule has 6 rings (SSSR count). The zero-order chi connectivity index (χ0) is 30.8. The minimum absolute atomic E-state index is 0.241. The fraction of sp³-hybridized carbons (Fsp3) is 0.273. The maximum absolute atomic E-state index is 13.9. The Balaban J connectivity index is 1.21. The van der Waals surface area contributed by atoms with Gasteiger partial charge in [0.1, 0.15) is 11.7 Å². The van der Waals surface area contributed by atoms with Gasteiger partial charge in [0.25, 0.3) is 17.4 Å². The predicted octanol–water partition coefficient (Wildman–Crippen LogP) is 2.64. The average Bonchev–Trinajstić information content (AvgIpc) is 3.32. The summed E-state index contributed by atoms with van der Waals surface area (Å²) < 4.78 is 1.40. The number of amides is 3. The molecular formula is C33H33N7O4. The van der Waals surface area contributed by atoms with Crippen LogP contribution in [0.25, 0.3) is 5.69 Å². The van der Waals surface area contributed by atoms with Crippen LogP contribution in [0.4, 0.5) is 11.4 Å². The number of imide groups is 1. The minimum Gasteiger partial charge on any atom is -0.368 e. The third-order valence-corrected chi connectivity index (χ3v) is 8.25. The van der Waals surface area contributed by atoms with Crippen LogP contribution in [0, 0.1) is 0 Å². The number of likely N-dealkylation sites (N-methyl/N-ethyl adjacent to an activating group) is 1. The molecule has 0 saturated carbocycles. The number of hydrogen-bond acceptors (Lipinski definition) is 8. The second-order valence-electron chi connectivity index (χ2n) is 10.9. The Morgan fingerprint density at radius 1 is 0.864 bits per heavy atom. The van der Waals surface area contributed by atoms with Gasteiger partial charge in [0.05, 0.1) is 28.7 Å². The van der Waals surface area contributed by atoms with Gasteiger partial charge in [-0.3, -0.25) is 29.1 Å². The Kier molecular flexibility index (Phi) is 7.93. The molecule has 2 aliphatic heterocycles. The number of pyridine rings is 1. The molecule has 1 atom stereocenters. The van der Waals surface area contributed by atoms with E-state index in [2.05, 4.69) is 15.0 Å². The van der Waals surface area contributed by atoms with Crippen molar-refractivity contribution in [2.24, 2.45) is 0 Å². The number of fused-ring (bicyclic) bond motifs is 1. The van der Waals surface area contributed by atoms with Crippen LogP contribution in [0.2, 0.25) is 0 Å². The normalized spacial score (nSPS) is 15.4. The number of para-hydroxylation sites is 1. The highest BCUT2D eigenvalue weighted by Crippen LogP contribution is 2.28. The SMILES string of the molecule is CC(C(=O)N1CCN(c2cnn(-c3ccccc3)c(=O)c2N(C)CCc2ccccn2)CC1)N1C(=O)c2ccccc2C1=O. The first-order valence-corrected chi connectivity index (χ1v) is 14.6. The number of rotatable bonds is 8. The lowest BCUT2D eigenvalue weighted by molar-refractivity contribution is -0.135. The van der Waals surface area contributed by atoms with Crippen LogP contribution in [-0.4, -0.2) is 88.1 Å². The molecule has 1 fully saturated rings. The second-order valence-corrected chi connectivity index (χ2v) is 10.9. The molecule has 2 aromatic carbocycles. The van der Waals surface area contributed by atoms with E-state index in [9.17, 15) is 19.2 Å². The van der Waals surface area contributed by atoms with E-state index in [0.717, 1.165) is 10.6 Å². The van der Waals surface area contributed by atoms with E-state index in [4.69, 9.17) is 0 Å². The van der Waals surface area contributed by atoms with Crippen molar-refractivity contribution in [3.63, 3.8) is 0 Å². The molecule has 0 bridgehead atoms. The zero-order valence-corrected chi connectivity index (χ0v) is 24.7. The lowest BCUT2D eigenvalue weighted by Gasteiger charge is -2.39. The topological polar surface area (TPSA) is 112 Å². The van der Waals surface area contributed by atoms with E-state index in [1.807, 2.05) is 60.5 Å². The molecule has 0 spiro atoms. The number of piperazine rings is 1. The smallest absolute Gasteiger partial charge is 0.297 e. The van der Waals surface area contributed by atoms with Gasteiger partial charge in [-0.15, -0.1) is 0 Å². The number of anilines is 2. The predicted molar refractivity (Wildman–Crippen MR) is 166 cm³/mol. The van der Waals surface area contributed by atoms with Crippen LogP contribution in [0.1, 0.15) is 33.3 Å². The molecule has 44 heavy (non-hydrogen) atoms. The van der Waals surface area contributed by atoms with Gasteiger partial charge in [-0.2, -0.15) is 9.78 Å². The van der Waals surface area contributed by atoms with Gasteiger partial charge >= 0.3 is 0 Å². The van der Waals surface area contributed by atoms with Crippen molar-refractivity contribution in [3.05, 3.63) is 112 Å². The minimum atomic E-state index is -0.932. The summed E-state index contributed by atoms with van der Waals surface area (Å²) in [4.78, 5) is 64.5. The van der Waals surface area contributed by atoms with Crippen molar-refractivity contribution in [2.45, 2.75) is 19.4 Å². The molecular weight excluding hydrogens is 558 g/mol. The Labute approximate surface area is 254 Å². The van der Waals surface area contributed by atoms with E-state index in [0.29, 0.717) is 67.3 Å². The summed E-state index contributed by atoms with van der Waals surface area (Å²) in [5.74, 6) is -1.19. The highest BCUT2D eigenvalue weighted by Gasteiger charge is 2.42. The number of hydrogen-bond donors (Lipinski definition) is 0. The monoisotopic (exact) mass is 591 g/mol. The number of carbonyl (C=O) groups excluding carboxylic acids is 3. The quantitative estimate of drug-likeness (QED) is 0.288. The molecule has 11 nitrogen and oxygen atoms in total. The highest BCUT2D eigenvalue weighted by atomic mass is 16.2. The molecule has 0 radical (unpaired) electrons. The molecule has 1 saturated heterocycles. The number of carbonyl (C=O) groups is 3. The van der Waals surface area contributed by atoms with E-state index in [-0.39, 0.29) is 11.5 Å². The Bertz CT molecular complexity index is 1720. The van der Waals surface area contributed by atoms with Gasteiger partial charge in [-0.05, 0) is 43.3 Å². The van der Waals surface area contributed by atoms with Gasteiger partial charge in [-0.25, -0.2) is 0 Å². The average molecular weight is 592 g/mol. The fourth-order valence-electron chi connectivity index (χ4n) is 5.82. The first kappa shape index (κ1) is 28.8. The van der Waals surface area contributed by atoms with Crippen LogP contribution < -0.4 is 15.4 Å². The zero-order valence-electron chi connectivity index (χ0n) is 24.7. The molecule has 0 N–H and O–H groups in total. The summed E-state index contributed by atoms with van der Waals surface area (Å²) in [5, 5.41) is 4.52. The summed E-state index contributed by atoms with van der Waals surface area (Å²) in [7, 11) is 1.89. The first-order chi connectivity index (χ1) is 21.3.